The number of alkyl halides is 3. The highest BCUT2D eigenvalue weighted by Gasteiger charge is 2.35. The van der Waals surface area contributed by atoms with Crippen LogP contribution in [0, 0.1) is 0 Å². The fourth-order valence-electron chi connectivity index (χ4n) is 3.80. The van der Waals surface area contributed by atoms with E-state index in [1.807, 2.05) is 24.3 Å². The van der Waals surface area contributed by atoms with Crippen LogP contribution in [0.2, 0.25) is 0 Å². The van der Waals surface area contributed by atoms with Crippen molar-refractivity contribution in [2.75, 3.05) is 5.32 Å². The standard InChI is InChI=1S/C23H22F3N3S/c24-23(25,26)19-15-27-22(29-21(19)30-17-11-5-2-6-12-17)28-20-14-8-7-13-18(20)16-9-3-1-4-10-16/h2,5-8,11-16H,1,3-4,9-10H2,(H,27,28,29). The first kappa shape index (κ1) is 20.7. The molecule has 1 aromatic heterocycles. The zero-order valence-corrected chi connectivity index (χ0v) is 17.1. The lowest BCUT2D eigenvalue weighted by Crippen LogP contribution is -2.12. The predicted octanol–water partition coefficient (Wildman–Crippen LogP) is 7.44. The van der Waals surface area contributed by atoms with Crippen LogP contribution in [0.5, 0.6) is 0 Å². The average Bonchev–Trinajstić information content (AvgIpc) is 2.75. The molecule has 0 bridgehead atoms. The van der Waals surface area contributed by atoms with E-state index in [1.54, 1.807) is 24.3 Å². The molecule has 2 aromatic carbocycles. The summed E-state index contributed by atoms with van der Waals surface area (Å²) in [6.45, 7) is 0. The van der Waals surface area contributed by atoms with Gasteiger partial charge < -0.3 is 5.32 Å². The van der Waals surface area contributed by atoms with Gasteiger partial charge in [-0.2, -0.15) is 13.2 Å². The van der Waals surface area contributed by atoms with Crippen LogP contribution in [0.3, 0.4) is 0 Å². The molecule has 0 amide bonds. The van der Waals surface area contributed by atoms with Crippen LogP contribution in [-0.2, 0) is 6.18 Å². The molecule has 3 nitrogen and oxygen atoms in total. The SMILES string of the molecule is FC(F)(F)c1cnc(Nc2ccccc2C2CCCCC2)nc1Sc1ccccc1. The van der Waals surface area contributed by atoms with Gasteiger partial charge in [0.2, 0.25) is 5.95 Å². The second-order valence-corrected chi connectivity index (χ2v) is 8.43. The summed E-state index contributed by atoms with van der Waals surface area (Å²) < 4.78 is 40.5. The maximum absolute atomic E-state index is 13.5. The van der Waals surface area contributed by atoms with Crippen molar-refractivity contribution in [2.45, 2.75) is 54.1 Å². The Kier molecular flexibility index (Phi) is 6.27. The molecule has 156 valence electrons. The monoisotopic (exact) mass is 429 g/mol. The van der Waals surface area contributed by atoms with Gasteiger partial charge in [0.05, 0.1) is 0 Å². The highest BCUT2D eigenvalue weighted by molar-refractivity contribution is 7.99. The lowest BCUT2D eigenvalue weighted by Gasteiger charge is -2.24. The summed E-state index contributed by atoms with van der Waals surface area (Å²) in [6.07, 6.45) is 2.26. The van der Waals surface area contributed by atoms with Crippen LogP contribution in [0.4, 0.5) is 24.8 Å². The lowest BCUT2D eigenvalue weighted by molar-refractivity contribution is -0.140. The van der Waals surface area contributed by atoms with Crippen molar-refractivity contribution >= 4 is 23.4 Å². The third kappa shape index (κ3) is 4.95. The molecule has 1 fully saturated rings. The molecule has 1 aliphatic carbocycles. The Balaban J connectivity index is 1.65. The number of rotatable bonds is 5. The number of anilines is 2. The Morgan fingerprint density at radius 1 is 0.900 bits per heavy atom. The molecule has 0 aliphatic heterocycles. The summed E-state index contributed by atoms with van der Waals surface area (Å²) in [7, 11) is 0. The zero-order valence-electron chi connectivity index (χ0n) is 16.3. The van der Waals surface area contributed by atoms with Crippen molar-refractivity contribution in [3.63, 3.8) is 0 Å². The van der Waals surface area contributed by atoms with E-state index in [0.29, 0.717) is 10.8 Å². The van der Waals surface area contributed by atoms with Crippen molar-refractivity contribution in [2.24, 2.45) is 0 Å². The number of hydrogen-bond donors (Lipinski definition) is 1. The van der Waals surface area contributed by atoms with E-state index < -0.39 is 11.7 Å². The van der Waals surface area contributed by atoms with E-state index in [0.717, 1.165) is 36.5 Å². The normalized spacial score (nSPS) is 15.2. The molecule has 30 heavy (non-hydrogen) atoms. The summed E-state index contributed by atoms with van der Waals surface area (Å²) in [5.41, 5.74) is 1.21. The van der Waals surface area contributed by atoms with Gasteiger partial charge in [-0.15, -0.1) is 0 Å². The molecule has 0 radical (unpaired) electrons. The minimum atomic E-state index is -4.52. The van der Waals surface area contributed by atoms with Gasteiger partial charge in [0.1, 0.15) is 10.6 Å². The molecule has 7 heteroatoms. The Morgan fingerprint density at radius 2 is 1.60 bits per heavy atom. The summed E-state index contributed by atoms with van der Waals surface area (Å²) in [5.74, 6) is 0.625. The molecule has 3 aromatic rings. The number of aromatic nitrogens is 2. The molecule has 0 spiro atoms. The lowest BCUT2D eigenvalue weighted by atomic mass is 9.83. The van der Waals surface area contributed by atoms with Crippen molar-refractivity contribution in [3.05, 3.63) is 71.9 Å². The number of halogens is 3. The Bertz CT molecular complexity index is 986. The van der Waals surface area contributed by atoms with Crippen LogP contribution >= 0.6 is 11.8 Å². The van der Waals surface area contributed by atoms with Gasteiger partial charge in [0.15, 0.2) is 0 Å². The van der Waals surface area contributed by atoms with Crippen molar-refractivity contribution in [1.82, 2.24) is 9.97 Å². The summed E-state index contributed by atoms with van der Waals surface area (Å²) >= 11 is 0.987. The van der Waals surface area contributed by atoms with Gasteiger partial charge >= 0.3 is 6.18 Å². The Hall–Kier alpha value is -2.54. The quantitative estimate of drug-likeness (QED) is 0.428. The summed E-state index contributed by atoms with van der Waals surface area (Å²) in [4.78, 5) is 8.90. The van der Waals surface area contributed by atoms with Crippen LogP contribution in [-0.4, -0.2) is 9.97 Å². The fourth-order valence-corrected chi connectivity index (χ4v) is 4.73. The highest BCUT2D eigenvalue weighted by Crippen LogP contribution is 2.40. The van der Waals surface area contributed by atoms with Crippen LogP contribution in [0.15, 0.2) is 70.7 Å². The van der Waals surface area contributed by atoms with E-state index in [9.17, 15) is 13.2 Å². The largest absolute Gasteiger partial charge is 0.420 e. The molecule has 1 heterocycles. The molecule has 1 N–H and O–H groups in total. The molecular formula is C23H22F3N3S. The Labute approximate surface area is 178 Å². The van der Waals surface area contributed by atoms with Crippen LogP contribution in [0.1, 0.15) is 49.1 Å². The highest BCUT2D eigenvalue weighted by atomic mass is 32.2. The second kappa shape index (κ2) is 9.08. The van der Waals surface area contributed by atoms with Gasteiger partial charge in [0, 0.05) is 16.8 Å². The van der Waals surface area contributed by atoms with Crippen LogP contribution in [0.25, 0.3) is 0 Å². The molecule has 0 atom stereocenters. The van der Waals surface area contributed by atoms with E-state index in [2.05, 4.69) is 21.4 Å². The van der Waals surface area contributed by atoms with Crippen LogP contribution < -0.4 is 5.32 Å². The van der Waals surface area contributed by atoms with Gasteiger partial charge in [-0.25, -0.2) is 9.97 Å². The smallest absolute Gasteiger partial charge is 0.324 e. The van der Waals surface area contributed by atoms with Gasteiger partial charge in [-0.3, -0.25) is 0 Å². The topological polar surface area (TPSA) is 37.8 Å². The summed E-state index contributed by atoms with van der Waals surface area (Å²) in [6, 6.07) is 16.9. The molecule has 1 aliphatic rings. The minimum Gasteiger partial charge on any atom is -0.324 e. The first-order valence-electron chi connectivity index (χ1n) is 10.0. The third-order valence-electron chi connectivity index (χ3n) is 5.27. The third-order valence-corrected chi connectivity index (χ3v) is 6.28. The molecular weight excluding hydrogens is 407 g/mol. The second-order valence-electron chi connectivity index (χ2n) is 7.37. The molecule has 1 saturated carbocycles. The van der Waals surface area contributed by atoms with Crippen molar-refractivity contribution in [3.8, 4) is 0 Å². The van der Waals surface area contributed by atoms with Gasteiger partial charge in [0.25, 0.3) is 0 Å². The Morgan fingerprint density at radius 3 is 2.33 bits per heavy atom. The fraction of sp³-hybridized carbons (Fsp3) is 0.304. The number of hydrogen-bond acceptors (Lipinski definition) is 4. The maximum Gasteiger partial charge on any atom is 0.420 e. The molecule has 4 rings (SSSR count). The predicted molar refractivity (Wildman–Crippen MR) is 113 cm³/mol. The van der Waals surface area contributed by atoms with Gasteiger partial charge in [-0.05, 0) is 42.5 Å². The average molecular weight is 430 g/mol. The number of nitrogens with one attached hydrogen (secondary N) is 1. The summed E-state index contributed by atoms with van der Waals surface area (Å²) in [5, 5.41) is 3.06. The maximum atomic E-state index is 13.5. The van der Waals surface area contributed by atoms with Crippen molar-refractivity contribution in [1.29, 1.82) is 0 Å². The van der Waals surface area contributed by atoms with E-state index in [1.165, 1.54) is 24.8 Å². The number of para-hydroxylation sites is 1. The van der Waals surface area contributed by atoms with Crippen molar-refractivity contribution < 1.29 is 13.2 Å². The zero-order chi connectivity index (χ0) is 21.0. The molecule has 0 saturated heterocycles. The minimum absolute atomic E-state index is 0.110. The first-order valence-corrected chi connectivity index (χ1v) is 10.9. The number of benzene rings is 2. The van der Waals surface area contributed by atoms with E-state index >= 15 is 0 Å². The van der Waals surface area contributed by atoms with Gasteiger partial charge in [-0.1, -0.05) is 67.4 Å². The van der Waals surface area contributed by atoms with E-state index in [4.69, 9.17) is 0 Å². The first-order chi connectivity index (χ1) is 14.5. The number of nitrogens with zero attached hydrogens (tertiary/aromatic N) is 2. The van der Waals surface area contributed by atoms with E-state index in [-0.39, 0.29) is 11.0 Å². The molecule has 0 unspecified atom stereocenters.